The number of aromatic nitrogens is 1. The lowest BCUT2D eigenvalue weighted by Crippen LogP contribution is -2.02. The Balaban J connectivity index is 1.38. The molecule has 4 aromatic rings. The molecule has 0 saturated heterocycles. The summed E-state index contributed by atoms with van der Waals surface area (Å²) in [4.78, 5) is 24.7. The molecule has 36 heavy (non-hydrogen) atoms. The van der Waals surface area contributed by atoms with Crippen molar-refractivity contribution in [3.63, 3.8) is 0 Å². The van der Waals surface area contributed by atoms with Crippen molar-refractivity contribution in [1.29, 1.82) is 0 Å². The van der Waals surface area contributed by atoms with E-state index >= 15 is 0 Å². The van der Waals surface area contributed by atoms with Gasteiger partial charge in [-0.25, -0.2) is 4.79 Å². The molecule has 0 fully saturated rings. The molecule has 7 nitrogen and oxygen atoms in total. The van der Waals surface area contributed by atoms with Crippen molar-refractivity contribution >= 4 is 28.7 Å². The van der Waals surface area contributed by atoms with E-state index < -0.39 is 0 Å². The van der Waals surface area contributed by atoms with Gasteiger partial charge in [-0.3, -0.25) is 4.79 Å². The van der Waals surface area contributed by atoms with E-state index in [1.54, 1.807) is 37.5 Å². The molecule has 0 unspecified atom stereocenters. The summed E-state index contributed by atoms with van der Waals surface area (Å²) in [5.41, 5.74) is 4.52. The van der Waals surface area contributed by atoms with E-state index in [4.69, 9.17) is 18.9 Å². The Hall–Kier alpha value is -4.52. The van der Waals surface area contributed by atoms with Crippen LogP contribution in [-0.4, -0.2) is 30.5 Å². The number of Topliss-reactive ketones (excluding diaryl/α,β-unsaturated/α-hetero) is 1. The SMILES string of the molecule is COC(=O)c1ccc(COc2ccc3c(c2C)O/C(=C\c2cn(C)c4ccc(OC)cc24)C3=O)cc1. The van der Waals surface area contributed by atoms with Crippen molar-refractivity contribution in [2.24, 2.45) is 7.05 Å². The number of hydrogen-bond acceptors (Lipinski definition) is 6. The van der Waals surface area contributed by atoms with Gasteiger partial charge in [-0.05, 0) is 61.0 Å². The second-order valence-electron chi connectivity index (χ2n) is 8.56. The van der Waals surface area contributed by atoms with Crippen LogP contribution in [0.2, 0.25) is 0 Å². The molecule has 7 heteroatoms. The van der Waals surface area contributed by atoms with Crippen LogP contribution in [0, 0.1) is 6.92 Å². The molecule has 3 aromatic carbocycles. The minimum Gasteiger partial charge on any atom is -0.497 e. The molecule has 182 valence electrons. The first kappa shape index (κ1) is 23.2. The van der Waals surface area contributed by atoms with Crippen molar-refractivity contribution in [2.45, 2.75) is 13.5 Å². The number of ether oxygens (including phenoxy) is 4. The van der Waals surface area contributed by atoms with Crippen LogP contribution in [0.25, 0.3) is 17.0 Å². The van der Waals surface area contributed by atoms with Crippen LogP contribution in [0.5, 0.6) is 17.2 Å². The van der Waals surface area contributed by atoms with Gasteiger partial charge in [0.25, 0.3) is 0 Å². The summed E-state index contributed by atoms with van der Waals surface area (Å²) >= 11 is 0. The standard InChI is InChI=1S/C29H25NO6/c1-17-25(35-16-18-5-7-19(8-6-18)29(32)34-4)12-10-22-27(31)26(36-28(17)22)13-20-15-30(2)24-11-9-21(33-3)14-23(20)24/h5-15H,16H2,1-4H3/b26-13-. The number of allylic oxidation sites excluding steroid dienone is 1. The smallest absolute Gasteiger partial charge is 0.337 e. The zero-order valence-corrected chi connectivity index (χ0v) is 20.5. The van der Waals surface area contributed by atoms with Crippen molar-refractivity contribution in [3.8, 4) is 17.2 Å². The average Bonchev–Trinajstić information content (AvgIpc) is 3.39. The van der Waals surface area contributed by atoms with Crippen LogP contribution < -0.4 is 14.2 Å². The van der Waals surface area contributed by atoms with Gasteiger partial charge in [0.1, 0.15) is 23.9 Å². The molecule has 1 aliphatic heterocycles. The van der Waals surface area contributed by atoms with E-state index in [0.717, 1.165) is 33.3 Å². The monoisotopic (exact) mass is 483 g/mol. The highest BCUT2D eigenvalue weighted by atomic mass is 16.5. The number of aryl methyl sites for hydroxylation is 1. The maximum Gasteiger partial charge on any atom is 0.337 e. The van der Waals surface area contributed by atoms with E-state index in [-0.39, 0.29) is 17.5 Å². The van der Waals surface area contributed by atoms with Gasteiger partial charge in [0.2, 0.25) is 5.78 Å². The number of rotatable bonds is 6. The molecule has 0 aliphatic carbocycles. The number of esters is 1. The van der Waals surface area contributed by atoms with Crippen molar-refractivity contribution < 1.29 is 28.5 Å². The number of benzene rings is 3. The lowest BCUT2D eigenvalue weighted by molar-refractivity contribution is 0.0600. The number of hydrogen-bond donors (Lipinski definition) is 0. The first-order chi connectivity index (χ1) is 17.4. The Morgan fingerprint density at radius 1 is 1.06 bits per heavy atom. The molecule has 5 rings (SSSR count). The van der Waals surface area contributed by atoms with Crippen LogP contribution in [0.4, 0.5) is 0 Å². The summed E-state index contributed by atoms with van der Waals surface area (Å²) in [6, 6.07) is 16.4. The van der Waals surface area contributed by atoms with Crippen LogP contribution in [-0.2, 0) is 18.4 Å². The van der Waals surface area contributed by atoms with E-state index in [1.807, 2.05) is 55.1 Å². The second kappa shape index (κ2) is 9.26. The molecular formula is C29H25NO6. The molecule has 2 heterocycles. The third-order valence-electron chi connectivity index (χ3n) is 6.32. The third kappa shape index (κ3) is 4.09. The fourth-order valence-corrected chi connectivity index (χ4v) is 4.33. The Kier molecular flexibility index (Phi) is 5.98. The molecular weight excluding hydrogens is 458 g/mol. The maximum absolute atomic E-state index is 13.1. The number of carbonyl (C=O) groups excluding carboxylic acids is 2. The molecule has 0 N–H and O–H groups in total. The van der Waals surface area contributed by atoms with Crippen molar-refractivity contribution in [3.05, 3.63) is 94.4 Å². The minimum atomic E-state index is -0.384. The largest absolute Gasteiger partial charge is 0.497 e. The summed E-state index contributed by atoms with van der Waals surface area (Å²) in [7, 11) is 4.94. The number of ketones is 1. The Labute approximate surface area is 208 Å². The van der Waals surface area contributed by atoms with Gasteiger partial charge in [0, 0.05) is 35.3 Å². The molecule has 0 bridgehead atoms. The Morgan fingerprint density at radius 3 is 2.56 bits per heavy atom. The van der Waals surface area contributed by atoms with Gasteiger partial charge >= 0.3 is 5.97 Å². The normalized spacial score (nSPS) is 13.6. The highest BCUT2D eigenvalue weighted by molar-refractivity contribution is 6.15. The summed E-state index contributed by atoms with van der Waals surface area (Å²) in [5.74, 6) is 1.58. The number of methoxy groups -OCH3 is 2. The van der Waals surface area contributed by atoms with E-state index in [1.165, 1.54) is 7.11 Å². The summed E-state index contributed by atoms with van der Waals surface area (Å²) in [6.07, 6.45) is 3.73. The lowest BCUT2D eigenvalue weighted by Gasteiger charge is -2.11. The van der Waals surface area contributed by atoms with Crippen molar-refractivity contribution in [1.82, 2.24) is 4.57 Å². The summed E-state index contributed by atoms with van der Waals surface area (Å²) in [5, 5.41) is 0.968. The summed E-state index contributed by atoms with van der Waals surface area (Å²) in [6.45, 7) is 2.17. The average molecular weight is 484 g/mol. The van der Waals surface area contributed by atoms with E-state index in [2.05, 4.69) is 0 Å². The van der Waals surface area contributed by atoms with Crippen LogP contribution in [0.1, 0.15) is 37.4 Å². The molecule has 1 aromatic heterocycles. The zero-order valence-electron chi connectivity index (χ0n) is 20.5. The molecule has 0 spiro atoms. The minimum absolute atomic E-state index is 0.169. The number of fused-ring (bicyclic) bond motifs is 2. The van der Waals surface area contributed by atoms with Gasteiger partial charge in [-0.1, -0.05) is 12.1 Å². The van der Waals surface area contributed by atoms with E-state index in [9.17, 15) is 9.59 Å². The Morgan fingerprint density at radius 2 is 1.83 bits per heavy atom. The van der Waals surface area contributed by atoms with Crippen LogP contribution in [0.3, 0.4) is 0 Å². The van der Waals surface area contributed by atoms with Gasteiger partial charge in [0.15, 0.2) is 5.76 Å². The van der Waals surface area contributed by atoms with Gasteiger partial charge < -0.3 is 23.5 Å². The number of nitrogens with zero attached hydrogens (tertiary/aromatic N) is 1. The van der Waals surface area contributed by atoms with Gasteiger partial charge in [-0.15, -0.1) is 0 Å². The van der Waals surface area contributed by atoms with Crippen LogP contribution in [0.15, 0.2) is 66.6 Å². The molecule has 0 radical (unpaired) electrons. The molecule has 0 atom stereocenters. The first-order valence-corrected chi connectivity index (χ1v) is 11.4. The summed E-state index contributed by atoms with van der Waals surface area (Å²) < 4.78 is 24.2. The highest BCUT2D eigenvalue weighted by Gasteiger charge is 2.30. The molecule has 0 saturated carbocycles. The fourth-order valence-electron chi connectivity index (χ4n) is 4.33. The second-order valence-corrected chi connectivity index (χ2v) is 8.56. The van der Waals surface area contributed by atoms with E-state index in [0.29, 0.717) is 29.2 Å². The van der Waals surface area contributed by atoms with Crippen molar-refractivity contribution in [2.75, 3.05) is 14.2 Å². The fraction of sp³-hybridized carbons (Fsp3) is 0.172. The Bertz CT molecular complexity index is 1530. The first-order valence-electron chi connectivity index (χ1n) is 11.4. The predicted molar refractivity (Wildman–Crippen MR) is 136 cm³/mol. The topological polar surface area (TPSA) is 76.0 Å². The third-order valence-corrected chi connectivity index (χ3v) is 6.32. The van der Waals surface area contributed by atoms with Gasteiger partial charge in [-0.2, -0.15) is 0 Å². The van der Waals surface area contributed by atoms with Gasteiger partial charge in [0.05, 0.1) is 25.3 Å². The quantitative estimate of drug-likeness (QED) is 0.267. The predicted octanol–water partition coefficient (Wildman–Crippen LogP) is 5.48. The van der Waals surface area contributed by atoms with Crippen LogP contribution >= 0.6 is 0 Å². The number of carbonyl (C=O) groups is 2. The molecule has 0 amide bonds. The molecule has 1 aliphatic rings. The maximum atomic E-state index is 13.1. The zero-order chi connectivity index (χ0) is 25.4. The highest BCUT2D eigenvalue weighted by Crippen LogP contribution is 2.40. The lowest BCUT2D eigenvalue weighted by atomic mass is 10.1.